The molecule has 1 aliphatic rings. The monoisotopic (exact) mass is 344 g/mol. The van der Waals surface area contributed by atoms with Crippen LogP contribution in [0.2, 0.25) is 0 Å². The van der Waals surface area contributed by atoms with Crippen molar-refractivity contribution in [2.45, 2.75) is 26.1 Å². The molecule has 2 aromatic rings. The SMILES string of the molecule is CC(C)(N)n1ccc2c1-c1ccccc1OC2.O=C(O)/C=C/C(=O)O. The van der Waals surface area contributed by atoms with E-state index in [0.29, 0.717) is 18.8 Å². The number of carboxylic acid groups (broad SMARTS) is 2. The molecule has 0 spiro atoms. The predicted octanol–water partition coefficient (Wildman–Crippen LogP) is 2.41. The van der Waals surface area contributed by atoms with Crippen LogP contribution in [0.4, 0.5) is 0 Å². The lowest BCUT2D eigenvalue weighted by Crippen LogP contribution is -2.36. The average Bonchev–Trinajstić information content (AvgIpc) is 2.98. The minimum atomic E-state index is -1.26. The number of rotatable bonds is 3. The topological polar surface area (TPSA) is 115 Å². The first-order valence-corrected chi connectivity index (χ1v) is 7.56. The van der Waals surface area contributed by atoms with Crippen molar-refractivity contribution in [2.75, 3.05) is 0 Å². The van der Waals surface area contributed by atoms with Gasteiger partial charge in [0.05, 0.1) is 11.4 Å². The first-order chi connectivity index (χ1) is 11.7. The Hall–Kier alpha value is -3.06. The number of hydrogen-bond acceptors (Lipinski definition) is 4. The summed E-state index contributed by atoms with van der Waals surface area (Å²) >= 11 is 0. The van der Waals surface area contributed by atoms with E-state index in [1.807, 2.05) is 38.2 Å². The Morgan fingerprint density at radius 1 is 1.16 bits per heavy atom. The second kappa shape index (κ2) is 7.23. The van der Waals surface area contributed by atoms with Gasteiger partial charge in [0.1, 0.15) is 12.4 Å². The van der Waals surface area contributed by atoms with Crippen molar-refractivity contribution >= 4 is 11.9 Å². The summed E-state index contributed by atoms with van der Waals surface area (Å²) in [4.78, 5) is 19.1. The smallest absolute Gasteiger partial charge is 0.328 e. The van der Waals surface area contributed by atoms with E-state index in [4.69, 9.17) is 20.7 Å². The Morgan fingerprint density at radius 2 is 1.76 bits per heavy atom. The molecule has 0 saturated carbocycles. The van der Waals surface area contributed by atoms with Crippen molar-refractivity contribution in [3.63, 3.8) is 0 Å². The lowest BCUT2D eigenvalue weighted by Gasteiger charge is -2.27. The predicted molar refractivity (Wildman–Crippen MR) is 92.1 cm³/mol. The van der Waals surface area contributed by atoms with Crippen LogP contribution in [0.25, 0.3) is 11.3 Å². The van der Waals surface area contributed by atoms with Gasteiger partial charge in [0.15, 0.2) is 0 Å². The molecule has 25 heavy (non-hydrogen) atoms. The fourth-order valence-corrected chi connectivity index (χ4v) is 2.46. The molecule has 0 amide bonds. The molecule has 0 atom stereocenters. The van der Waals surface area contributed by atoms with Crippen LogP contribution < -0.4 is 10.5 Å². The van der Waals surface area contributed by atoms with Gasteiger partial charge in [-0.05, 0) is 32.0 Å². The maximum Gasteiger partial charge on any atom is 0.328 e. The molecule has 4 N–H and O–H groups in total. The van der Waals surface area contributed by atoms with Crippen molar-refractivity contribution in [3.05, 3.63) is 54.2 Å². The molecule has 3 rings (SSSR count). The van der Waals surface area contributed by atoms with Crippen molar-refractivity contribution in [1.29, 1.82) is 0 Å². The molecule has 7 heteroatoms. The fraction of sp³-hybridized carbons (Fsp3) is 0.222. The van der Waals surface area contributed by atoms with Crippen molar-refractivity contribution in [3.8, 4) is 17.0 Å². The number of hydrogen-bond donors (Lipinski definition) is 3. The minimum absolute atomic E-state index is 0.405. The molecule has 1 aromatic carbocycles. The molecule has 0 bridgehead atoms. The van der Waals surface area contributed by atoms with Crippen LogP contribution in [0, 0.1) is 0 Å². The van der Waals surface area contributed by atoms with Crippen LogP contribution >= 0.6 is 0 Å². The third kappa shape index (κ3) is 4.48. The van der Waals surface area contributed by atoms with Gasteiger partial charge >= 0.3 is 11.9 Å². The van der Waals surface area contributed by atoms with Gasteiger partial charge in [0.25, 0.3) is 0 Å². The molecule has 1 aliphatic heterocycles. The summed E-state index contributed by atoms with van der Waals surface area (Å²) in [5, 5.41) is 15.6. The molecule has 0 fully saturated rings. The Bertz CT molecular complexity index is 799. The van der Waals surface area contributed by atoms with Gasteiger partial charge in [0, 0.05) is 29.5 Å². The molecule has 0 radical (unpaired) electrons. The Labute approximate surface area is 145 Å². The van der Waals surface area contributed by atoms with Gasteiger partial charge in [-0.25, -0.2) is 9.59 Å². The number of para-hydroxylation sites is 1. The number of carbonyl (C=O) groups is 2. The van der Waals surface area contributed by atoms with Gasteiger partial charge < -0.3 is 25.3 Å². The number of aliphatic carboxylic acids is 2. The fourth-order valence-electron chi connectivity index (χ4n) is 2.46. The summed E-state index contributed by atoms with van der Waals surface area (Å²) in [6, 6.07) is 10.2. The highest BCUT2D eigenvalue weighted by Gasteiger charge is 2.25. The summed E-state index contributed by atoms with van der Waals surface area (Å²) in [5.41, 5.74) is 9.30. The molecule has 132 valence electrons. The van der Waals surface area contributed by atoms with Crippen LogP contribution in [-0.2, 0) is 21.9 Å². The van der Waals surface area contributed by atoms with Crippen LogP contribution in [0.15, 0.2) is 48.7 Å². The largest absolute Gasteiger partial charge is 0.488 e. The lowest BCUT2D eigenvalue weighted by atomic mass is 10.0. The molecular weight excluding hydrogens is 324 g/mol. The summed E-state index contributed by atoms with van der Waals surface area (Å²) in [5.74, 6) is -1.58. The third-order valence-corrected chi connectivity index (χ3v) is 3.48. The van der Waals surface area contributed by atoms with Gasteiger partial charge in [-0.3, -0.25) is 0 Å². The number of nitrogens with two attached hydrogens (primary N) is 1. The van der Waals surface area contributed by atoms with E-state index in [-0.39, 0.29) is 0 Å². The highest BCUT2D eigenvalue weighted by Crippen LogP contribution is 2.39. The molecule has 0 unspecified atom stereocenters. The number of carboxylic acids is 2. The molecule has 0 aliphatic carbocycles. The quantitative estimate of drug-likeness (QED) is 0.737. The van der Waals surface area contributed by atoms with E-state index in [2.05, 4.69) is 16.7 Å². The second-order valence-corrected chi connectivity index (χ2v) is 6.01. The minimum Gasteiger partial charge on any atom is -0.488 e. The standard InChI is InChI=1S/C14H16N2O.C4H4O4/c1-14(2,15)16-8-7-10-9-17-12-6-4-3-5-11(12)13(10)16;5-3(6)1-2-4(7)8/h3-8H,9,15H2,1-2H3;1-2H,(H,5,6)(H,7,8)/b;2-1+. The van der Waals surface area contributed by atoms with E-state index >= 15 is 0 Å². The van der Waals surface area contributed by atoms with Crippen molar-refractivity contribution in [2.24, 2.45) is 5.73 Å². The van der Waals surface area contributed by atoms with Crippen LogP contribution in [0.3, 0.4) is 0 Å². The first kappa shape index (κ1) is 18.3. The summed E-state index contributed by atoms with van der Waals surface area (Å²) < 4.78 is 7.84. The van der Waals surface area contributed by atoms with Crippen LogP contribution in [0.1, 0.15) is 19.4 Å². The van der Waals surface area contributed by atoms with Gasteiger partial charge in [-0.2, -0.15) is 0 Å². The third-order valence-electron chi connectivity index (χ3n) is 3.48. The number of nitrogens with zero attached hydrogens (tertiary/aromatic N) is 1. The van der Waals surface area contributed by atoms with E-state index in [9.17, 15) is 9.59 Å². The van der Waals surface area contributed by atoms with Crippen LogP contribution in [-0.4, -0.2) is 26.7 Å². The Kier molecular flexibility index (Phi) is 5.29. The maximum absolute atomic E-state index is 9.55. The van der Waals surface area contributed by atoms with Crippen LogP contribution in [0.5, 0.6) is 5.75 Å². The zero-order valence-corrected chi connectivity index (χ0v) is 14.0. The van der Waals surface area contributed by atoms with E-state index < -0.39 is 17.6 Å². The average molecular weight is 344 g/mol. The maximum atomic E-state index is 9.55. The van der Waals surface area contributed by atoms with Gasteiger partial charge in [-0.15, -0.1) is 0 Å². The zero-order chi connectivity index (χ0) is 18.6. The molecule has 0 saturated heterocycles. The number of aromatic nitrogens is 1. The highest BCUT2D eigenvalue weighted by atomic mass is 16.5. The normalized spacial score (nSPS) is 12.4. The van der Waals surface area contributed by atoms with Gasteiger partial charge in [-0.1, -0.05) is 12.1 Å². The summed E-state index contributed by atoms with van der Waals surface area (Å²) in [6.07, 6.45) is 3.15. The summed E-state index contributed by atoms with van der Waals surface area (Å²) in [7, 11) is 0. The molecule has 7 nitrogen and oxygen atoms in total. The Morgan fingerprint density at radius 3 is 2.32 bits per heavy atom. The van der Waals surface area contributed by atoms with Crippen molar-refractivity contribution in [1.82, 2.24) is 4.57 Å². The van der Waals surface area contributed by atoms with E-state index in [0.717, 1.165) is 11.3 Å². The molecule has 1 aromatic heterocycles. The molecular formula is C18H20N2O5. The van der Waals surface area contributed by atoms with Gasteiger partial charge in [0.2, 0.25) is 0 Å². The second-order valence-electron chi connectivity index (χ2n) is 6.01. The van der Waals surface area contributed by atoms with E-state index in [1.54, 1.807) is 0 Å². The summed E-state index contributed by atoms with van der Waals surface area (Å²) in [6.45, 7) is 4.63. The number of benzene rings is 1. The zero-order valence-electron chi connectivity index (χ0n) is 14.0. The number of ether oxygens (including phenoxy) is 1. The first-order valence-electron chi connectivity index (χ1n) is 7.56. The Balaban J connectivity index is 0.000000242. The van der Waals surface area contributed by atoms with Crippen molar-refractivity contribution < 1.29 is 24.5 Å². The highest BCUT2D eigenvalue weighted by molar-refractivity contribution is 5.89. The number of fused-ring (bicyclic) bond motifs is 3. The molecule has 2 heterocycles. The van der Waals surface area contributed by atoms with E-state index in [1.165, 1.54) is 11.3 Å². The lowest BCUT2D eigenvalue weighted by molar-refractivity contribution is -0.134.